The Labute approximate surface area is 91.3 Å². The summed E-state index contributed by atoms with van der Waals surface area (Å²) in [6.45, 7) is 3.13. The van der Waals surface area contributed by atoms with Crippen LogP contribution in [0.15, 0.2) is 0 Å². The first-order chi connectivity index (χ1) is 6.59. The fraction of sp³-hybridized carbons (Fsp3) is 0.900. The second-order valence-corrected chi connectivity index (χ2v) is 4.71. The van der Waals surface area contributed by atoms with Crippen molar-refractivity contribution in [3.8, 4) is 0 Å². The summed E-state index contributed by atoms with van der Waals surface area (Å²) in [5, 5.41) is 9.37. The van der Waals surface area contributed by atoms with Crippen LogP contribution < -0.4 is 5.73 Å². The third kappa shape index (κ3) is 3.90. The summed E-state index contributed by atoms with van der Waals surface area (Å²) in [6.07, 6.45) is 4.71. The molecule has 3 N–H and O–H groups in total. The molecule has 14 heavy (non-hydrogen) atoms. The lowest BCUT2D eigenvalue weighted by Crippen LogP contribution is -2.43. The Balaban J connectivity index is 2.46. The van der Waals surface area contributed by atoms with E-state index in [2.05, 4.69) is 4.90 Å². The Morgan fingerprint density at radius 3 is 2.57 bits per heavy atom. The minimum atomic E-state index is -0.301. The van der Waals surface area contributed by atoms with Crippen LogP contribution in [-0.2, 0) is 0 Å². The Kier molecular flexibility index (Phi) is 4.78. The van der Waals surface area contributed by atoms with E-state index in [1.54, 1.807) is 0 Å². The van der Waals surface area contributed by atoms with Crippen molar-refractivity contribution in [3.63, 3.8) is 0 Å². The summed E-state index contributed by atoms with van der Waals surface area (Å²) in [5.41, 5.74) is 5.54. The van der Waals surface area contributed by atoms with Gasteiger partial charge in [-0.05, 0) is 19.8 Å². The SMILES string of the molecule is CC(O)CN(CC(N)=S)C1CCCC1. The zero-order chi connectivity index (χ0) is 10.6. The van der Waals surface area contributed by atoms with E-state index in [-0.39, 0.29) is 6.10 Å². The van der Waals surface area contributed by atoms with Crippen LogP contribution >= 0.6 is 12.2 Å². The summed E-state index contributed by atoms with van der Waals surface area (Å²) >= 11 is 4.91. The molecule has 0 heterocycles. The summed E-state index contributed by atoms with van der Waals surface area (Å²) < 4.78 is 0. The number of aliphatic hydroxyl groups is 1. The van der Waals surface area contributed by atoms with E-state index in [9.17, 15) is 5.11 Å². The highest BCUT2D eigenvalue weighted by Crippen LogP contribution is 2.23. The first-order valence-corrected chi connectivity index (χ1v) is 5.71. The molecule has 1 aliphatic rings. The van der Waals surface area contributed by atoms with E-state index in [1.165, 1.54) is 25.7 Å². The Hall–Kier alpha value is -0.190. The smallest absolute Gasteiger partial charge is 0.0870 e. The highest BCUT2D eigenvalue weighted by atomic mass is 32.1. The lowest BCUT2D eigenvalue weighted by atomic mass is 10.2. The fourth-order valence-corrected chi connectivity index (χ4v) is 2.32. The van der Waals surface area contributed by atoms with E-state index >= 15 is 0 Å². The molecule has 0 spiro atoms. The van der Waals surface area contributed by atoms with Crippen molar-refractivity contribution < 1.29 is 5.11 Å². The van der Waals surface area contributed by atoms with Crippen LogP contribution in [0.1, 0.15) is 32.6 Å². The molecule has 3 nitrogen and oxygen atoms in total. The Bertz CT molecular complexity index is 191. The van der Waals surface area contributed by atoms with E-state index in [4.69, 9.17) is 18.0 Å². The lowest BCUT2D eigenvalue weighted by molar-refractivity contribution is 0.111. The van der Waals surface area contributed by atoms with Crippen LogP contribution in [0.4, 0.5) is 0 Å². The first-order valence-electron chi connectivity index (χ1n) is 5.30. The number of hydrogen-bond donors (Lipinski definition) is 2. The molecule has 1 aliphatic carbocycles. The van der Waals surface area contributed by atoms with Gasteiger partial charge >= 0.3 is 0 Å². The van der Waals surface area contributed by atoms with Gasteiger partial charge in [0.1, 0.15) is 0 Å². The Morgan fingerprint density at radius 1 is 1.57 bits per heavy atom. The molecule has 0 aliphatic heterocycles. The average molecular weight is 216 g/mol. The maximum absolute atomic E-state index is 9.37. The van der Waals surface area contributed by atoms with Crippen molar-refractivity contribution in [2.24, 2.45) is 5.73 Å². The molecule has 0 radical (unpaired) electrons. The van der Waals surface area contributed by atoms with Gasteiger partial charge in [-0.3, -0.25) is 4.90 Å². The van der Waals surface area contributed by atoms with Crippen molar-refractivity contribution in [1.82, 2.24) is 4.90 Å². The molecule has 0 saturated heterocycles. The van der Waals surface area contributed by atoms with Crippen molar-refractivity contribution >= 4 is 17.2 Å². The highest BCUT2D eigenvalue weighted by molar-refractivity contribution is 7.80. The molecule has 0 aromatic carbocycles. The van der Waals surface area contributed by atoms with Crippen LogP contribution in [0.2, 0.25) is 0 Å². The van der Waals surface area contributed by atoms with Gasteiger partial charge in [0.15, 0.2) is 0 Å². The van der Waals surface area contributed by atoms with Crippen molar-refractivity contribution in [2.75, 3.05) is 13.1 Å². The van der Waals surface area contributed by atoms with E-state index < -0.39 is 0 Å². The Morgan fingerprint density at radius 2 is 2.14 bits per heavy atom. The van der Waals surface area contributed by atoms with Crippen molar-refractivity contribution in [1.29, 1.82) is 0 Å². The van der Waals surface area contributed by atoms with Crippen LogP contribution in [0.25, 0.3) is 0 Å². The van der Waals surface area contributed by atoms with Gasteiger partial charge in [0.25, 0.3) is 0 Å². The van der Waals surface area contributed by atoms with Gasteiger partial charge in [0.2, 0.25) is 0 Å². The number of hydrogen-bond acceptors (Lipinski definition) is 3. The molecule has 4 heteroatoms. The standard InChI is InChI=1S/C10H20N2OS/c1-8(13)6-12(7-10(11)14)9-4-2-3-5-9/h8-9,13H,2-7H2,1H3,(H2,11,14). The molecular weight excluding hydrogens is 196 g/mol. The second kappa shape index (κ2) is 5.63. The van der Waals surface area contributed by atoms with Gasteiger partial charge in [-0.15, -0.1) is 0 Å². The van der Waals surface area contributed by atoms with E-state index in [1.807, 2.05) is 6.92 Å². The molecule has 1 rings (SSSR count). The molecule has 0 amide bonds. The number of thiocarbonyl (C=S) groups is 1. The zero-order valence-electron chi connectivity index (χ0n) is 8.78. The zero-order valence-corrected chi connectivity index (χ0v) is 9.59. The number of nitrogens with zero attached hydrogens (tertiary/aromatic N) is 1. The first kappa shape index (κ1) is 11.9. The molecule has 0 bridgehead atoms. The predicted molar refractivity (Wildman–Crippen MR) is 62.3 cm³/mol. The molecule has 82 valence electrons. The summed E-state index contributed by atoms with van der Waals surface area (Å²) in [7, 11) is 0. The topological polar surface area (TPSA) is 49.5 Å². The summed E-state index contributed by atoms with van der Waals surface area (Å²) in [5.74, 6) is 0. The normalized spacial score (nSPS) is 20.2. The summed E-state index contributed by atoms with van der Waals surface area (Å²) in [4.78, 5) is 2.75. The molecule has 0 aromatic rings. The highest BCUT2D eigenvalue weighted by Gasteiger charge is 2.23. The van der Waals surface area contributed by atoms with E-state index in [0.29, 0.717) is 24.1 Å². The van der Waals surface area contributed by atoms with Gasteiger partial charge < -0.3 is 10.8 Å². The van der Waals surface area contributed by atoms with Gasteiger partial charge in [-0.25, -0.2) is 0 Å². The lowest BCUT2D eigenvalue weighted by Gasteiger charge is -2.29. The average Bonchev–Trinajstić information content (AvgIpc) is 2.52. The summed E-state index contributed by atoms with van der Waals surface area (Å²) in [6, 6.07) is 0.575. The van der Waals surface area contributed by atoms with Crippen molar-refractivity contribution in [3.05, 3.63) is 0 Å². The van der Waals surface area contributed by atoms with Crippen LogP contribution in [0.5, 0.6) is 0 Å². The van der Waals surface area contributed by atoms with Gasteiger partial charge in [-0.1, -0.05) is 25.1 Å². The van der Waals surface area contributed by atoms with Crippen LogP contribution in [0.3, 0.4) is 0 Å². The van der Waals surface area contributed by atoms with Gasteiger partial charge in [0, 0.05) is 19.1 Å². The maximum Gasteiger partial charge on any atom is 0.0870 e. The van der Waals surface area contributed by atoms with Gasteiger partial charge in [0.05, 0.1) is 11.1 Å². The fourth-order valence-electron chi connectivity index (χ4n) is 2.15. The van der Waals surface area contributed by atoms with Crippen molar-refractivity contribution in [2.45, 2.75) is 44.8 Å². The monoisotopic (exact) mass is 216 g/mol. The third-order valence-corrected chi connectivity index (χ3v) is 2.83. The minimum absolute atomic E-state index is 0.301. The molecule has 0 aromatic heterocycles. The number of nitrogens with two attached hydrogens (primary N) is 1. The molecule has 1 saturated carbocycles. The molecule has 1 unspecified atom stereocenters. The second-order valence-electron chi connectivity index (χ2n) is 4.18. The molecular formula is C10H20N2OS. The molecule has 1 atom stereocenters. The number of rotatable bonds is 5. The molecule has 1 fully saturated rings. The third-order valence-electron chi connectivity index (χ3n) is 2.70. The predicted octanol–water partition coefficient (Wildman–Crippen LogP) is 0.898. The van der Waals surface area contributed by atoms with Gasteiger partial charge in [-0.2, -0.15) is 0 Å². The number of aliphatic hydroxyl groups excluding tert-OH is 1. The van der Waals surface area contributed by atoms with Crippen LogP contribution in [-0.4, -0.2) is 40.2 Å². The van der Waals surface area contributed by atoms with E-state index in [0.717, 1.165) is 0 Å². The quantitative estimate of drug-likeness (QED) is 0.670. The largest absolute Gasteiger partial charge is 0.392 e. The maximum atomic E-state index is 9.37. The minimum Gasteiger partial charge on any atom is -0.392 e. The van der Waals surface area contributed by atoms with Crippen LogP contribution in [0, 0.1) is 0 Å².